The summed E-state index contributed by atoms with van der Waals surface area (Å²) in [5.41, 5.74) is 3.82. The van der Waals surface area contributed by atoms with Crippen molar-refractivity contribution in [2.24, 2.45) is 0 Å². The Kier molecular flexibility index (Phi) is 4.75. The van der Waals surface area contributed by atoms with Crippen LogP contribution in [0.1, 0.15) is 36.3 Å². The third-order valence-electron chi connectivity index (χ3n) is 5.50. The number of nitrogens with zero attached hydrogens (tertiary/aromatic N) is 1. The van der Waals surface area contributed by atoms with Crippen molar-refractivity contribution in [2.75, 3.05) is 33.2 Å². The Bertz CT molecular complexity index is 944. The number of carbonyl (C=O) groups is 1. The van der Waals surface area contributed by atoms with Crippen LogP contribution >= 0.6 is 0 Å². The molecule has 0 N–H and O–H groups in total. The van der Waals surface area contributed by atoms with Crippen LogP contribution in [0.15, 0.2) is 47.7 Å². The zero-order valence-electron chi connectivity index (χ0n) is 16.7. The molecule has 1 atom stereocenters. The maximum absolute atomic E-state index is 12.9. The van der Waals surface area contributed by atoms with Crippen LogP contribution in [-0.2, 0) is 4.79 Å². The van der Waals surface area contributed by atoms with Crippen molar-refractivity contribution in [3.8, 4) is 17.2 Å². The number of hydrogen-bond acceptors (Lipinski definition) is 5. The Hall–Kier alpha value is -2.95. The summed E-state index contributed by atoms with van der Waals surface area (Å²) in [5.74, 6) is 2.77. The maximum atomic E-state index is 12.9. The number of methoxy groups -OCH3 is 2. The number of allylic oxidation sites excluding steroid dienone is 2. The molecule has 0 amide bonds. The predicted molar refractivity (Wildman–Crippen MR) is 109 cm³/mol. The fourth-order valence-corrected chi connectivity index (χ4v) is 4.07. The topological polar surface area (TPSA) is 48.0 Å². The molecule has 5 nitrogen and oxygen atoms in total. The van der Waals surface area contributed by atoms with E-state index < -0.39 is 0 Å². The Balaban J connectivity index is 1.93. The van der Waals surface area contributed by atoms with Gasteiger partial charge in [-0.25, -0.2) is 0 Å². The first-order valence-corrected chi connectivity index (χ1v) is 9.50. The fourth-order valence-electron chi connectivity index (χ4n) is 4.07. The molecule has 0 radical (unpaired) electrons. The first-order chi connectivity index (χ1) is 13.5. The van der Waals surface area contributed by atoms with Crippen molar-refractivity contribution in [1.82, 2.24) is 0 Å². The Morgan fingerprint density at radius 1 is 1.04 bits per heavy atom. The van der Waals surface area contributed by atoms with Gasteiger partial charge in [-0.05, 0) is 24.1 Å². The van der Waals surface area contributed by atoms with Crippen LogP contribution in [0.2, 0.25) is 0 Å². The molecular weight excluding hydrogens is 354 g/mol. The number of fused-ring (bicyclic) bond motifs is 1. The van der Waals surface area contributed by atoms with E-state index in [9.17, 15) is 4.79 Å². The van der Waals surface area contributed by atoms with E-state index in [1.807, 2.05) is 26.2 Å². The highest BCUT2D eigenvalue weighted by Crippen LogP contribution is 2.51. The van der Waals surface area contributed by atoms with Gasteiger partial charge in [0, 0.05) is 61.8 Å². The van der Waals surface area contributed by atoms with E-state index in [2.05, 4.69) is 29.2 Å². The van der Waals surface area contributed by atoms with Gasteiger partial charge in [0.2, 0.25) is 0 Å². The largest absolute Gasteiger partial charge is 0.496 e. The molecule has 1 aliphatic heterocycles. The number of anilines is 1. The molecule has 1 heterocycles. The second-order valence-electron chi connectivity index (χ2n) is 7.38. The molecule has 4 rings (SSSR count). The van der Waals surface area contributed by atoms with E-state index in [1.54, 1.807) is 14.2 Å². The molecule has 28 heavy (non-hydrogen) atoms. The fraction of sp³-hybridized carbons (Fsp3) is 0.348. The van der Waals surface area contributed by atoms with Gasteiger partial charge in [-0.2, -0.15) is 0 Å². The lowest BCUT2D eigenvalue weighted by atomic mass is 9.76. The molecule has 146 valence electrons. The second-order valence-corrected chi connectivity index (χ2v) is 7.38. The summed E-state index contributed by atoms with van der Waals surface area (Å²) in [6.45, 7) is 0. The van der Waals surface area contributed by atoms with Crippen LogP contribution < -0.4 is 19.1 Å². The van der Waals surface area contributed by atoms with Gasteiger partial charge in [-0.1, -0.05) is 12.1 Å². The summed E-state index contributed by atoms with van der Waals surface area (Å²) in [6.07, 6.45) is 2.15. The van der Waals surface area contributed by atoms with Crippen LogP contribution in [0.5, 0.6) is 17.2 Å². The summed E-state index contributed by atoms with van der Waals surface area (Å²) in [6, 6.07) is 12.1. The first-order valence-electron chi connectivity index (χ1n) is 9.50. The van der Waals surface area contributed by atoms with Crippen LogP contribution in [0.4, 0.5) is 5.69 Å². The normalized spacial score (nSPS) is 18.1. The summed E-state index contributed by atoms with van der Waals surface area (Å²) in [5, 5.41) is 0. The molecule has 2 aromatic rings. The number of Topliss-reactive ketones (excluding diaryl/α,β-unsaturated/α-hetero) is 1. The van der Waals surface area contributed by atoms with Crippen molar-refractivity contribution >= 4 is 11.5 Å². The number of ketones is 1. The van der Waals surface area contributed by atoms with Crippen LogP contribution in [-0.4, -0.2) is 34.1 Å². The molecule has 0 aromatic heterocycles. The number of rotatable bonds is 4. The van der Waals surface area contributed by atoms with Crippen molar-refractivity contribution in [1.29, 1.82) is 0 Å². The Labute approximate surface area is 165 Å². The van der Waals surface area contributed by atoms with Crippen LogP contribution in [0, 0.1) is 0 Å². The molecule has 1 unspecified atom stereocenters. The molecular formula is C23H25NO4. The van der Waals surface area contributed by atoms with E-state index in [4.69, 9.17) is 14.2 Å². The zero-order valence-corrected chi connectivity index (χ0v) is 16.7. The minimum Gasteiger partial charge on any atom is -0.496 e. The molecule has 0 bridgehead atoms. The van der Waals surface area contributed by atoms with E-state index in [0.29, 0.717) is 23.7 Å². The minimum atomic E-state index is -0.205. The summed E-state index contributed by atoms with van der Waals surface area (Å²) in [4.78, 5) is 15.0. The molecule has 0 saturated carbocycles. The quantitative estimate of drug-likeness (QED) is 0.793. The van der Waals surface area contributed by atoms with Crippen molar-refractivity contribution in [3.05, 3.63) is 58.9 Å². The second kappa shape index (κ2) is 7.23. The van der Waals surface area contributed by atoms with Gasteiger partial charge in [-0.15, -0.1) is 0 Å². The molecule has 5 heteroatoms. The third-order valence-corrected chi connectivity index (χ3v) is 5.50. The molecule has 2 aliphatic rings. The predicted octanol–water partition coefficient (Wildman–Crippen LogP) is 4.30. The highest BCUT2D eigenvalue weighted by atomic mass is 16.5. The average Bonchev–Trinajstić information content (AvgIpc) is 2.71. The summed E-state index contributed by atoms with van der Waals surface area (Å²) in [7, 11) is 7.28. The standard InChI is InChI=1S/C23H25NO4/c1-24(2)15-10-8-14(9-11-15)21-22-17(25)6-5-7-18(22)28-20-13-16(26-3)12-19(27-4)23(20)21/h8-13,21H,5-7H2,1-4H3. The smallest absolute Gasteiger partial charge is 0.163 e. The van der Waals surface area contributed by atoms with E-state index in [0.717, 1.165) is 41.0 Å². The highest BCUT2D eigenvalue weighted by Gasteiger charge is 2.39. The Morgan fingerprint density at radius 2 is 1.79 bits per heavy atom. The van der Waals surface area contributed by atoms with Crippen molar-refractivity contribution in [3.63, 3.8) is 0 Å². The van der Waals surface area contributed by atoms with Gasteiger partial charge in [0.15, 0.2) is 5.78 Å². The van der Waals surface area contributed by atoms with Gasteiger partial charge >= 0.3 is 0 Å². The molecule has 2 aromatic carbocycles. The molecule has 0 fully saturated rings. The Morgan fingerprint density at radius 3 is 2.43 bits per heavy atom. The van der Waals surface area contributed by atoms with Crippen molar-refractivity contribution in [2.45, 2.75) is 25.2 Å². The van der Waals surface area contributed by atoms with Crippen molar-refractivity contribution < 1.29 is 19.0 Å². The third kappa shape index (κ3) is 3.01. The van der Waals surface area contributed by atoms with Gasteiger partial charge in [0.1, 0.15) is 23.0 Å². The molecule has 0 spiro atoms. The highest BCUT2D eigenvalue weighted by molar-refractivity contribution is 5.99. The first kappa shape index (κ1) is 18.4. The van der Waals surface area contributed by atoms with E-state index in [-0.39, 0.29) is 11.7 Å². The monoisotopic (exact) mass is 379 g/mol. The van der Waals surface area contributed by atoms with E-state index in [1.165, 1.54) is 0 Å². The van der Waals surface area contributed by atoms with Gasteiger partial charge < -0.3 is 19.1 Å². The summed E-state index contributed by atoms with van der Waals surface area (Å²) >= 11 is 0. The summed E-state index contributed by atoms with van der Waals surface area (Å²) < 4.78 is 17.3. The number of benzene rings is 2. The average molecular weight is 379 g/mol. The lowest BCUT2D eigenvalue weighted by molar-refractivity contribution is -0.116. The van der Waals surface area contributed by atoms with Crippen LogP contribution in [0.3, 0.4) is 0 Å². The number of hydrogen-bond donors (Lipinski definition) is 0. The lowest BCUT2D eigenvalue weighted by Crippen LogP contribution is -2.26. The van der Waals surface area contributed by atoms with Crippen LogP contribution in [0.25, 0.3) is 0 Å². The number of ether oxygens (including phenoxy) is 3. The maximum Gasteiger partial charge on any atom is 0.163 e. The molecule has 0 saturated heterocycles. The minimum absolute atomic E-state index is 0.159. The van der Waals surface area contributed by atoms with E-state index >= 15 is 0 Å². The lowest BCUT2D eigenvalue weighted by Gasteiger charge is -2.34. The van der Waals surface area contributed by atoms with Gasteiger partial charge in [0.05, 0.1) is 14.2 Å². The number of carbonyl (C=O) groups excluding carboxylic acids is 1. The molecule has 1 aliphatic carbocycles. The van der Waals surface area contributed by atoms with Gasteiger partial charge in [-0.3, -0.25) is 4.79 Å². The SMILES string of the molecule is COc1cc(OC)c2c(c1)OC1=C(C(=O)CCC1)C2c1ccc(N(C)C)cc1. The zero-order chi connectivity index (χ0) is 19.8. The van der Waals surface area contributed by atoms with Gasteiger partial charge in [0.25, 0.3) is 0 Å².